The quantitative estimate of drug-likeness (QED) is 0.867. The van der Waals surface area contributed by atoms with Gasteiger partial charge in [0.2, 0.25) is 0 Å². The predicted molar refractivity (Wildman–Crippen MR) is 79.3 cm³/mol. The van der Waals surface area contributed by atoms with Crippen LogP contribution in [0.15, 0.2) is 36.7 Å². The second-order valence-electron chi connectivity index (χ2n) is 5.38. The summed E-state index contributed by atoms with van der Waals surface area (Å²) in [6, 6.07) is 7.53. The SMILES string of the molecule is Cc1ccc(C(=O)N2CC[C@@H](Oc3ccncc3)C2)n1C. The standard InChI is InChI=1S/C16H19N3O2/c1-12-3-4-15(18(12)2)16(20)19-10-7-14(11-19)21-13-5-8-17-9-6-13/h3-6,8-9,14H,7,10-11H2,1-2H3/t14-/m1/s1. The number of amides is 1. The molecule has 0 saturated carbocycles. The first-order valence-electron chi connectivity index (χ1n) is 7.13. The number of ether oxygens (including phenoxy) is 1. The molecule has 0 unspecified atom stereocenters. The number of aromatic nitrogens is 2. The second kappa shape index (κ2) is 5.60. The molecule has 3 rings (SSSR count). The molecule has 0 N–H and O–H groups in total. The summed E-state index contributed by atoms with van der Waals surface area (Å²) >= 11 is 0. The van der Waals surface area contributed by atoms with Crippen LogP contribution in [0.3, 0.4) is 0 Å². The third-order valence-electron chi connectivity index (χ3n) is 3.98. The lowest BCUT2D eigenvalue weighted by molar-refractivity contribution is 0.0763. The van der Waals surface area contributed by atoms with Gasteiger partial charge >= 0.3 is 0 Å². The molecule has 110 valence electrons. The summed E-state index contributed by atoms with van der Waals surface area (Å²) in [7, 11) is 1.92. The Labute approximate surface area is 124 Å². The molecule has 21 heavy (non-hydrogen) atoms. The van der Waals surface area contributed by atoms with E-state index >= 15 is 0 Å². The highest BCUT2D eigenvalue weighted by Gasteiger charge is 2.29. The van der Waals surface area contributed by atoms with Gasteiger partial charge in [-0.2, -0.15) is 0 Å². The van der Waals surface area contributed by atoms with E-state index in [9.17, 15) is 4.79 Å². The summed E-state index contributed by atoms with van der Waals surface area (Å²) in [4.78, 5) is 18.3. The number of rotatable bonds is 3. The van der Waals surface area contributed by atoms with Crippen LogP contribution in [0.5, 0.6) is 5.75 Å². The minimum Gasteiger partial charge on any atom is -0.488 e. The van der Waals surface area contributed by atoms with Gasteiger partial charge in [0.1, 0.15) is 17.5 Å². The fourth-order valence-corrected chi connectivity index (χ4v) is 2.61. The Balaban J connectivity index is 1.64. The average Bonchev–Trinajstić information content (AvgIpc) is 3.08. The first-order chi connectivity index (χ1) is 10.1. The zero-order chi connectivity index (χ0) is 14.8. The number of aryl methyl sites for hydroxylation is 1. The smallest absolute Gasteiger partial charge is 0.270 e. The van der Waals surface area contributed by atoms with Crippen molar-refractivity contribution >= 4 is 5.91 Å². The van der Waals surface area contributed by atoms with Crippen LogP contribution in [0.25, 0.3) is 0 Å². The molecule has 1 aliphatic rings. The molecule has 3 heterocycles. The first kappa shape index (κ1) is 13.7. The molecule has 0 aromatic carbocycles. The van der Waals surface area contributed by atoms with Gasteiger partial charge in [0.25, 0.3) is 5.91 Å². The molecule has 1 amide bonds. The van der Waals surface area contributed by atoms with E-state index in [0.717, 1.165) is 30.1 Å². The molecule has 1 atom stereocenters. The summed E-state index contributed by atoms with van der Waals surface area (Å²) in [5.41, 5.74) is 1.82. The van der Waals surface area contributed by atoms with Gasteiger partial charge in [0.15, 0.2) is 0 Å². The Morgan fingerprint density at radius 2 is 2.05 bits per heavy atom. The molecule has 0 aliphatic carbocycles. The minimum atomic E-state index is 0.0534. The topological polar surface area (TPSA) is 47.4 Å². The van der Waals surface area contributed by atoms with Crippen molar-refractivity contribution in [2.45, 2.75) is 19.4 Å². The summed E-state index contributed by atoms with van der Waals surface area (Å²) in [6.45, 7) is 3.36. The summed E-state index contributed by atoms with van der Waals surface area (Å²) in [5.74, 6) is 0.880. The van der Waals surface area contributed by atoms with Crippen LogP contribution < -0.4 is 4.74 Å². The number of pyridine rings is 1. The lowest BCUT2D eigenvalue weighted by Crippen LogP contribution is -2.32. The molecule has 5 heteroatoms. The van der Waals surface area contributed by atoms with Crippen LogP contribution in [0.1, 0.15) is 22.6 Å². The van der Waals surface area contributed by atoms with Crippen LogP contribution in [0.2, 0.25) is 0 Å². The van der Waals surface area contributed by atoms with Gasteiger partial charge in [-0.1, -0.05) is 0 Å². The molecule has 1 aliphatic heterocycles. The van der Waals surface area contributed by atoms with Crippen molar-refractivity contribution in [1.29, 1.82) is 0 Å². The third-order valence-corrected chi connectivity index (χ3v) is 3.98. The molecule has 0 spiro atoms. The lowest BCUT2D eigenvalue weighted by Gasteiger charge is -2.17. The Kier molecular flexibility index (Phi) is 3.64. The molecule has 0 bridgehead atoms. The van der Waals surface area contributed by atoms with Gasteiger partial charge in [-0.3, -0.25) is 9.78 Å². The largest absolute Gasteiger partial charge is 0.488 e. The zero-order valence-electron chi connectivity index (χ0n) is 12.3. The Morgan fingerprint density at radius 1 is 1.29 bits per heavy atom. The third kappa shape index (κ3) is 2.77. The fourth-order valence-electron chi connectivity index (χ4n) is 2.61. The van der Waals surface area contributed by atoms with Crippen molar-refractivity contribution in [2.24, 2.45) is 7.05 Å². The van der Waals surface area contributed by atoms with Gasteiger partial charge in [-0.15, -0.1) is 0 Å². The predicted octanol–water partition coefficient (Wildman–Crippen LogP) is 2.02. The van der Waals surface area contributed by atoms with Crippen molar-refractivity contribution in [3.8, 4) is 5.75 Å². The highest BCUT2D eigenvalue weighted by Crippen LogP contribution is 2.19. The van der Waals surface area contributed by atoms with E-state index in [1.807, 2.05) is 47.7 Å². The van der Waals surface area contributed by atoms with E-state index in [1.54, 1.807) is 12.4 Å². The maximum atomic E-state index is 12.5. The maximum Gasteiger partial charge on any atom is 0.270 e. The van der Waals surface area contributed by atoms with E-state index in [4.69, 9.17) is 4.74 Å². The minimum absolute atomic E-state index is 0.0534. The highest BCUT2D eigenvalue weighted by molar-refractivity contribution is 5.93. The fraction of sp³-hybridized carbons (Fsp3) is 0.375. The molecule has 1 fully saturated rings. The van der Waals surface area contributed by atoms with Crippen molar-refractivity contribution in [3.05, 3.63) is 48.0 Å². The van der Waals surface area contributed by atoms with Crippen molar-refractivity contribution < 1.29 is 9.53 Å². The Bertz CT molecular complexity index is 636. The number of nitrogens with zero attached hydrogens (tertiary/aromatic N) is 3. The first-order valence-corrected chi connectivity index (χ1v) is 7.13. The molecular weight excluding hydrogens is 266 g/mol. The van der Waals surface area contributed by atoms with Crippen molar-refractivity contribution in [1.82, 2.24) is 14.5 Å². The van der Waals surface area contributed by atoms with Gasteiger partial charge in [0, 0.05) is 38.1 Å². The van der Waals surface area contributed by atoms with E-state index in [-0.39, 0.29) is 12.0 Å². The average molecular weight is 285 g/mol. The van der Waals surface area contributed by atoms with Crippen LogP contribution in [0.4, 0.5) is 0 Å². The molecule has 5 nitrogen and oxygen atoms in total. The summed E-state index contributed by atoms with van der Waals surface area (Å²) in [5, 5.41) is 0. The normalized spacial score (nSPS) is 18.0. The van der Waals surface area contributed by atoms with E-state index in [0.29, 0.717) is 6.54 Å². The van der Waals surface area contributed by atoms with Crippen LogP contribution >= 0.6 is 0 Å². The monoisotopic (exact) mass is 285 g/mol. The number of likely N-dealkylation sites (tertiary alicyclic amines) is 1. The second-order valence-corrected chi connectivity index (χ2v) is 5.38. The Morgan fingerprint density at radius 3 is 2.71 bits per heavy atom. The maximum absolute atomic E-state index is 12.5. The van der Waals surface area contributed by atoms with Gasteiger partial charge in [-0.25, -0.2) is 0 Å². The van der Waals surface area contributed by atoms with E-state index < -0.39 is 0 Å². The molecule has 2 aromatic rings. The van der Waals surface area contributed by atoms with Crippen molar-refractivity contribution in [3.63, 3.8) is 0 Å². The zero-order valence-corrected chi connectivity index (χ0v) is 12.3. The summed E-state index contributed by atoms with van der Waals surface area (Å²) in [6.07, 6.45) is 4.33. The number of carbonyl (C=O) groups is 1. The van der Waals surface area contributed by atoms with Crippen molar-refractivity contribution in [2.75, 3.05) is 13.1 Å². The van der Waals surface area contributed by atoms with Crippen LogP contribution in [0, 0.1) is 6.92 Å². The molecule has 2 aromatic heterocycles. The van der Waals surface area contributed by atoms with Gasteiger partial charge < -0.3 is 14.2 Å². The molecule has 1 saturated heterocycles. The summed E-state index contributed by atoms with van der Waals surface area (Å²) < 4.78 is 7.82. The Hall–Kier alpha value is -2.30. The van der Waals surface area contributed by atoms with Gasteiger partial charge in [0.05, 0.1) is 6.54 Å². The number of carbonyl (C=O) groups excluding carboxylic acids is 1. The molecular formula is C16H19N3O2. The van der Waals surface area contributed by atoms with E-state index in [1.165, 1.54) is 0 Å². The number of hydrogen-bond acceptors (Lipinski definition) is 3. The highest BCUT2D eigenvalue weighted by atomic mass is 16.5. The van der Waals surface area contributed by atoms with E-state index in [2.05, 4.69) is 4.98 Å². The lowest BCUT2D eigenvalue weighted by atomic mass is 10.3. The molecule has 0 radical (unpaired) electrons. The van der Waals surface area contributed by atoms with Crippen LogP contribution in [-0.4, -0.2) is 39.6 Å². The van der Waals surface area contributed by atoms with Gasteiger partial charge in [-0.05, 0) is 31.2 Å². The van der Waals surface area contributed by atoms with Crippen LogP contribution in [-0.2, 0) is 7.05 Å². The number of hydrogen-bond donors (Lipinski definition) is 0.